The van der Waals surface area contributed by atoms with Crippen LogP contribution in [0.3, 0.4) is 0 Å². The number of benzene rings is 1. The maximum atomic E-state index is 14.9. The molecule has 1 aliphatic rings. The van der Waals surface area contributed by atoms with Gasteiger partial charge in [-0.3, -0.25) is 4.90 Å². The first-order chi connectivity index (χ1) is 17.8. The van der Waals surface area contributed by atoms with Crippen LogP contribution in [-0.4, -0.2) is 66.8 Å². The molecule has 0 amide bonds. The standard InChI is InChI=1S/C26H30F2N8O/c1-15(2)36-16(3)32-25-20(27)8-18(9-22(25)36)24-21(28)12-31-26(34-24)33-23-5-4-17(10-30-23)13-35-7-6-29-11-19(35)14-37/h4-5,8-10,12,15,19,29,37H,6-7,11,13-14H2,1-3H3,(H,30,31,33,34)/t19-/m0/s1. The Morgan fingerprint density at radius 3 is 2.70 bits per heavy atom. The highest BCUT2D eigenvalue weighted by atomic mass is 19.1. The summed E-state index contributed by atoms with van der Waals surface area (Å²) in [5.74, 6) is 0.135. The molecule has 0 saturated carbocycles. The van der Waals surface area contributed by atoms with Gasteiger partial charge in [0.25, 0.3) is 0 Å². The molecule has 0 bridgehead atoms. The average Bonchev–Trinajstić information content (AvgIpc) is 3.23. The van der Waals surface area contributed by atoms with Crippen molar-refractivity contribution in [2.75, 3.05) is 31.6 Å². The van der Waals surface area contributed by atoms with Crippen molar-refractivity contribution in [2.24, 2.45) is 0 Å². The van der Waals surface area contributed by atoms with Gasteiger partial charge in [-0.05, 0) is 44.5 Å². The summed E-state index contributed by atoms with van der Waals surface area (Å²) in [5.41, 5.74) is 2.12. The van der Waals surface area contributed by atoms with E-state index in [0.29, 0.717) is 29.3 Å². The number of rotatable bonds is 7. The van der Waals surface area contributed by atoms with Gasteiger partial charge in [-0.2, -0.15) is 0 Å². The summed E-state index contributed by atoms with van der Waals surface area (Å²) >= 11 is 0. The van der Waals surface area contributed by atoms with Crippen LogP contribution in [0.5, 0.6) is 0 Å². The van der Waals surface area contributed by atoms with E-state index in [1.807, 2.05) is 31.4 Å². The molecule has 37 heavy (non-hydrogen) atoms. The average molecular weight is 509 g/mol. The van der Waals surface area contributed by atoms with Crippen molar-refractivity contribution in [1.29, 1.82) is 0 Å². The molecule has 4 aromatic rings. The number of aliphatic hydroxyl groups is 1. The summed E-state index contributed by atoms with van der Waals surface area (Å²) in [6.45, 7) is 9.05. The molecule has 1 fully saturated rings. The number of nitrogens with one attached hydrogen (secondary N) is 2. The molecule has 5 rings (SSSR count). The summed E-state index contributed by atoms with van der Waals surface area (Å²) < 4.78 is 31.6. The largest absolute Gasteiger partial charge is 0.395 e. The number of imidazole rings is 1. The molecule has 4 heterocycles. The predicted octanol–water partition coefficient (Wildman–Crippen LogP) is 3.57. The molecule has 0 radical (unpaired) electrons. The van der Waals surface area contributed by atoms with E-state index in [-0.39, 0.29) is 35.8 Å². The number of aliphatic hydroxyl groups excluding tert-OH is 1. The van der Waals surface area contributed by atoms with Crippen molar-refractivity contribution in [3.8, 4) is 11.3 Å². The lowest BCUT2D eigenvalue weighted by Crippen LogP contribution is -2.52. The van der Waals surface area contributed by atoms with Gasteiger partial charge in [0.2, 0.25) is 5.95 Å². The highest BCUT2D eigenvalue weighted by Gasteiger charge is 2.22. The maximum absolute atomic E-state index is 14.9. The van der Waals surface area contributed by atoms with E-state index in [1.54, 1.807) is 18.3 Å². The van der Waals surface area contributed by atoms with Crippen LogP contribution in [0.4, 0.5) is 20.5 Å². The van der Waals surface area contributed by atoms with Crippen LogP contribution in [-0.2, 0) is 6.54 Å². The predicted molar refractivity (Wildman–Crippen MR) is 137 cm³/mol. The van der Waals surface area contributed by atoms with Crippen LogP contribution < -0.4 is 10.6 Å². The van der Waals surface area contributed by atoms with Crippen LogP contribution in [0.2, 0.25) is 0 Å². The summed E-state index contributed by atoms with van der Waals surface area (Å²) in [4.78, 5) is 19.4. The van der Waals surface area contributed by atoms with Crippen LogP contribution in [0, 0.1) is 18.6 Å². The van der Waals surface area contributed by atoms with Crippen LogP contribution in [0.1, 0.15) is 31.3 Å². The minimum absolute atomic E-state index is 0.0159. The van der Waals surface area contributed by atoms with Crippen molar-refractivity contribution < 1.29 is 13.9 Å². The number of pyridine rings is 1. The number of hydrogen-bond donors (Lipinski definition) is 3. The molecule has 1 aliphatic heterocycles. The SMILES string of the molecule is Cc1nc2c(F)cc(-c3nc(Nc4ccc(CN5CCNC[C@H]5CO)cn4)ncc3F)cc2n1C(C)C. The number of aryl methyl sites for hydroxylation is 1. The number of nitrogens with zero attached hydrogens (tertiary/aromatic N) is 6. The number of hydrogen-bond acceptors (Lipinski definition) is 8. The van der Waals surface area contributed by atoms with Gasteiger partial charge in [0.05, 0.1) is 18.3 Å². The fraction of sp³-hybridized carbons (Fsp3) is 0.385. The molecular weight excluding hydrogens is 478 g/mol. The van der Waals surface area contributed by atoms with Gasteiger partial charge in [0.15, 0.2) is 11.6 Å². The molecule has 9 nitrogen and oxygen atoms in total. The third-order valence-corrected chi connectivity index (χ3v) is 6.59. The fourth-order valence-corrected chi connectivity index (χ4v) is 4.82. The molecule has 3 N–H and O–H groups in total. The Balaban J connectivity index is 1.38. The third kappa shape index (κ3) is 5.15. The van der Waals surface area contributed by atoms with Gasteiger partial charge in [-0.15, -0.1) is 0 Å². The summed E-state index contributed by atoms with van der Waals surface area (Å²) in [7, 11) is 0. The molecule has 1 saturated heterocycles. The van der Waals surface area contributed by atoms with Crippen LogP contribution >= 0.6 is 0 Å². The molecular formula is C26H30F2N8O. The summed E-state index contributed by atoms with van der Waals surface area (Å²) in [6, 6.07) is 6.82. The van der Waals surface area contributed by atoms with Gasteiger partial charge in [-0.1, -0.05) is 6.07 Å². The second-order valence-corrected chi connectivity index (χ2v) is 9.53. The third-order valence-electron chi connectivity index (χ3n) is 6.59. The van der Waals surface area contributed by atoms with E-state index in [2.05, 4.69) is 35.5 Å². The Morgan fingerprint density at radius 2 is 1.97 bits per heavy atom. The van der Waals surface area contributed by atoms with Crippen LogP contribution in [0.25, 0.3) is 22.3 Å². The zero-order valence-electron chi connectivity index (χ0n) is 21.0. The number of aromatic nitrogens is 5. The highest BCUT2D eigenvalue weighted by molar-refractivity contribution is 5.83. The van der Waals surface area contributed by atoms with Gasteiger partial charge in [0, 0.05) is 50.0 Å². The normalized spacial score (nSPS) is 16.6. The topological polar surface area (TPSA) is 104 Å². The molecule has 1 aromatic carbocycles. The number of piperazine rings is 1. The van der Waals surface area contributed by atoms with Gasteiger partial charge < -0.3 is 20.3 Å². The first kappa shape index (κ1) is 25.1. The highest BCUT2D eigenvalue weighted by Crippen LogP contribution is 2.30. The van der Waals surface area contributed by atoms with E-state index in [1.165, 1.54) is 6.07 Å². The Kier molecular flexibility index (Phi) is 7.09. The Bertz CT molecular complexity index is 1410. The molecule has 3 aromatic heterocycles. The van der Waals surface area contributed by atoms with E-state index >= 15 is 0 Å². The van der Waals surface area contributed by atoms with Crippen molar-refractivity contribution in [3.63, 3.8) is 0 Å². The minimum atomic E-state index is -0.658. The Hall–Kier alpha value is -3.54. The molecule has 0 spiro atoms. The lowest BCUT2D eigenvalue weighted by atomic mass is 10.1. The van der Waals surface area contributed by atoms with Gasteiger partial charge >= 0.3 is 0 Å². The fourth-order valence-electron chi connectivity index (χ4n) is 4.82. The summed E-state index contributed by atoms with van der Waals surface area (Å²) in [5, 5.41) is 15.9. The second kappa shape index (κ2) is 10.4. The number of fused-ring (bicyclic) bond motifs is 1. The number of halogens is 2. The van der Waals surface area contributed by atoms with Crippen molar-refractivity contribution in [3.05, 3.63) is 59.7 Å². The lowest BCUT2D eigenvalue weighted by Gasteiger charge is -2.35. The monoisotopic (exact) mass is 508 g/mol. The Labute approximate surface area is 213 Å². The second-order valence-electron chi connectivity index (χ2n) is 9.53. The smallest absolute Gasteiger partial charge is 0.229 e. The quantitative estimate of drug-likeness (QED) is 0.348. The van der Waals surface area contributed by atoms with Gasteiger partial charge in [0.1, 0.15) is 22.9 Å². The number of anilines is 2. The van der Waals surface area contributed by atoms with Crippen LogP contribution in [0.15, 0.2) is 36.7 Å². The maximum Gasteiger partial charge on any atom is 0.229 e. The van der Waals surface area contributed by atoms with E-state index in [9.17, 15) is 13.9 Å². The molecule has 1 atom stereocenters. The van der Waals surface area contributed by atoms with Gasteiger partial charge in [-0.25, -0.2) is 28.7 Å². The zero-order valence-corrected chi connectivity index (χ0v) is 21.0. The lowest BCUT2D eigenvalue weighted by molar-refractivity contribution is 0.0945. The zero-order chi connectivity index (χ0) is 26.1. The van der Waals surface area contributed by atoms with E-state index in [4.69, 9.17) is 0 Å². The molecule has 194 valence electrons. The molecule has 0 aliphatic carbocycles. The molecule has 11 heteroatoms. The Morgan fingerprint density at radius 1 is 1.14 bits per heavy atom. The van der Waals surface area contributed by atoms with Crippen molar-refractivity contribution >= 4 is 22.8 Å². The first-order valence-corrected chi connectivity index (χ1v) is 12.3. The van der Waals surface area contributed by atoms with E-state index in [0.717, 1.165) is 31.4 Å². The van der Waals surface area contributed by atoms with Crippen molar-refractivity contribution in [2.45, 2.75) is 39.4 Å². The van der Waals surface area contributed by atoms with E-state index < -0.39 is 11.6 Å². The molecule has 0 unspecified atom stereocenters. The first-order valence-electron chi connectivity index (χ1n) is 12.3. The minimum Gasteiger partial charge on any atom is -0.395 e. The van der Waals surface area contributed by atoms with Crippen molar-refractivity contribution in [1.82, 2.24) is 34.7 Å². The summed E-state index contributed by atoms with van der Waals surface area (Å²) in [6.07, 6.45) is 2.81.